The zero-order valence-electron chi connectivity index (χ0n) is 13.7. The summed E-state index contributed by atoms with van der Waals surface area (Å²) in [5, 5.41) is 14.9. The topological polar surface area (TPSA) is 60.8 Å². The second-order valence-corrected chi connectivity index (χ2v) is 8.15. The summed E-state index contributed by atoms with van der Waals surface area (Å²) in [6, 6.07) is 1.91. The summed E-state index contributed by atoms with van der Waals surface area (Å²) >= 11 is 5.95. The molecule has 0 radical (unpaired) electrons. The number of amidine groups is 1. The maximum Gasteiger partial charge on any atom is 0.255 e. The molecule has 2 aliphatic rings. The van der Waals surface area contributed by atoms with Gasteiger partial charge in [0.15, 0.2) is 5.84 Å². The van der Waals surface area contributed by atoms with Crippen molar-refractivity contribution in [2.75, 3.05) is 32.8 Å². The Kier molecular flexibility index (Phi) is 4.63. The molecule has 6 nitrogen and oxygen atoms in total. The average molecular weight is 358 g/mol. The van der Waals surface area contributed by atoms with Crippen LogP contribution in [0.1, 0.15) is 25.6 Å². The normalized spacial score (nSPS) is 26.6. The highest BCUT2D eigenvalue weighted by molar-refractivity contribution is 7.80. The van der Waals surface area contributed by atoms with E-state index in [1.807, 2.05) is 32.2 Å². The Labute approximate surface area is 146 Å². The molecule has 1 aromatic heterocycles. The third-order valence-electron chi connectivity index (χ3n) is 3.86. The van der Waals surface area contributed by atoms with Crippen LogP contribution in [0.15, 0.2) is 21.5 Å². The molecule has 3 rings (SSSR count). The van der Waals surface area contributed by atoms with Gasteiger partial charge in [-0.05, 0) is 32.2 Å². The summed E-state index contributed by atoms with van der Waals surface area (Å²) in [6.45, 7) is 9.81. The summed E-state index contributed by atoms with van der Waals surface area (Å²) in [4.78, 5) is 6.03. The van der Waals surface area contributed by atoms with Crippen LogP contribution < -0.4 is 0 Å². The van der Waals surface area contributed by atoms with Crippen molar-refractivity contribution in [2.24, 2.45) is 5.16 Å². The van der Waals surface area contributed by atoms with Crippen LogP contribution in [0.4, 0.5) is 0 Å². The Bertz CT molecular complexity index is 585. The van der Waals surface area contributed by atoms with E-state index in [2.05, 4.69) is 27.6 Å². The van der Waals surface area contributed by atoms with E-state index < -0.39 is 5.91 Å². The van der Waals surface area contributed by atoms with Gasteiger partial charge in [0, 0.05) is 31.1 Å². The van der Waals surface area contributed by atoms with Crippen LogP contribution in [0, 0.1) is 0 Å². The van der Waals surface area contributed by atoms with Gasteiger partial charge in [0.25, 0.3) is 5.91 Å². The van der Waals surface area contributed by atoms with Gasteiger partial charge in [-0.2, -0.15) is 0 Å². The van der Waals surface area contributed by atoms with Gasteiger partial charge in [-0.1, -0.05) is 5.16 Å². The molecular formula is C15H23N3O3S2. The molecule has 2 fully saturated rings. The maximum absolute atomic E-state index is 9.42. The maximum atomic E-state index is 9.42. The number of hydrogen-bond acceptors (Lipinski definition) is 7. The number of piperazine rings is 1. The van der Waals surface area contributed by atoms with E-state index in [0.717, 1.165) is 36.0 Å². The highest BCUT2D eigenvalue weighted by Gasteiger charge is 2.55. The molecule has 0 spiro atoms. The fourth-order valence-corrected chi connectivity index (χ4v) is 4.07. The van der Waals surface area contributed by atoms with Crippen molar-refractivity contribution in [2.45, 2.75) is 37.2 Å². The number of thiol groups is 1. The second-order valence-electron chi connectivity index (χ2n) is 6.75. The third-order valence-corrected chi connectivity index (χ3v) is 5.29. The Hall–Kier alpha value is -0.800. The first-order chi connectivity index (χ1) is 10.8. The predicted octanol–water partition coefficient (Wildman–Crippen LogP) is 2.29. The van der Waals surface area contributed by atoms with Gasteiger partial charge in [0.05, 0.1) is 10.5 Å². The Morgan fingerprint density at radius 3 is 2.48 bits per heavy atom. The number of oxime groups is 1. The molecule has 3 heterocycles. The third kappa shape index (κ3) is 3.66. The molecule has 128 valence electrons. The molecule has 0 aromatic carbocycles. The summed E-state index contributed by atoms with van der Waals surface area (Å²) in [6.07, 6.45) is 0. The van der Waals surface area contributed by atoms with Crippen LogP contribution in [0.5, 0.6) is 0 Å². The molecular weight excluding hydrogens is 334 g/mol. The summed E-state index contributed by atoms with van der Waals surface area (Å²) in [5.41, 5.74) is -0.247. The fraction of sp³-hybridized carbons (Fsp3) is 0.667. The lowest BCUT2D eigenvalue weighted by molar-refractivity contribution is -0.209. The number of rotatable bonds is 3. The number of hydrogen-bond donors (Lipinski definition) is 2. The van der Waals surface area contributed by atoms with Gasteiger partial charge in [-0.15, -0.1) is 24.0 Å². The van der Waals surface area contributed by atoms with Crippen LogP contribution in [-0.2, 0) is 9.47 Å². The predicted molar refractivity (Wildman–Crippen MR) is 92.6 cm³/mol. The molecule has 0 amide bonds. The standard InChI is InChI=1S/C15H23N3O3S2/c1-14(2,3)21-15(10-20-15)18-7-5-17(6-8-18)13(16-19)12-11(22)4-9-23-12/h4,9,19,22H,5-8,10H2,1-3H3/b16-13-. The van der Waals surface area contributed by atoms with Crippen molar-refractivity contribution in [1.29, 1.82) is 0 Å². The van der Waals surface area contributed by atoms with E-state index in [0.29, 0.717) is 12.4 Å². The van der Waals surface area contributed by atoms with Crippen molar-refractivity contribution in [3.8, 4) is 0 Å². The van der Waals surface area contributed by atoms with Gasteiger partial charge < -0.3 is 19.6 Å². The smallest absolute Gasteiger partial charge is 0.255 e. The van der Waals surface area contributed by atoms with Crippen LogP contribution in [-0.4, -0.2) is 65.1 Å². The van der Waals surface area contributed by atoms with Crippen molar-refractivity contribution < 1.29 is 14.7 Å². The first-order valence-electron chi connectivity index (χ1n) is 7.68. The fourth-order valence-electron chi connectivity index (χ4n) is 2.83. The molecule has 0 saturated carbocycles. The first-order valence-corrected chi connectivity index (χ1v) is 9.00. The lowest BCUT2D eigenvalue weighted by Crippen LogP contribution is -2.55. The van der Waals surface area contributed by atoms with Crippen molar-refractivity contribution >= 4 is 29.8 Å². The highest BCUT2D eigenvalue weighted by atomic mass is 32.1. The molecule has 2 aliphatic heterocycles. The van der Waals surface area contributed by atoms with Gasteiger partial charge in [-0.3, -0.25) is 0 Å². The number of thiophene rings is 1. The van der Waals surface area contributed by atoms with Crippen LogP contribution in [0.25, 0.3) is 0 Å². The van der Waals surface area contributed by atoms with Crippen LogP contribution >= 0.6 is 24.0 Å². The second kappa shape index (κ2) is 6.25. The Morgan fingerprint density at radius 2 is 2.04 bits per heavy atom. The summed E-state index contributed by atoms with van der Waals surface area (Å²) in [5.74, 6) is 0.0190. The van der Waals surface area contributed by atoms with Crippen LogP contribution in [0.3, 0.4) is 0 Å². The van der Waals surface area contributed by atoms with Crippen LogP contribution in [0.2, 0.25) is 0 Å². The number of ether oxygens (including phenoxy) is 2. The van der Waals surface area contributed by atoms with E-state index in [-0.39, 0.29) is 5.60 Å². The van der Waals surface area contributed by atoms with Crippen molar-refractivity contribution in [3.63, 3.8) is 0 Å². The van der Waals surface area contributed by atoms with E-state index >= 15 is 0 Å². The van der Waals surface area contributed by atoms with E-state index in [9.17, 15) is 5.21 Å². The van der Waals surface area contributed by atoms with Crippen molar-refractivity contribution in [1.82, 2.24) is 9.80 Å². The molecule has 1 aromatic rings. The molecule has 1 N–H and O–H groups in total. The monoisotopic (exact) mass is 357 g/mol. The van der Waals surface area contributed by atoms with E-state index in [1.54, 1.807) is 0 Å². The Morgan fingerprint density at radius 1 is 1.39 bits per heavy atom. The quantitative estimate of drug-likeness (QED) is 0.217. The first kappa shape index (κ1) is 17.0. The van der Waals surface area contributed by atoms with E-state index in [1.165, 1.54) is 11.3 Å². The Balaban J connectivity index is 1.64. The minimum Gasteiger partial charge on any atom is -0.409 e. The molecule has 0 aliphatic carbocycles. The zero-order chi connectivity index (χ0) is 16.7. The highest BCUT2D eigenvalue weighted by Crippen LogP contribution is 2.37. The number of epoxide rings is 1. The lowest BCUT2D eigenvalue weighted by atomic mass is 10.2. The minimum atomic E-state index is -0.571. The van der Waals surface area contributed by atoms with E-state index in [4.69, 9.17) is 9.47 Å². The average Bonchev–Trinajstić information content (AvgIpc) is 3.13. The largest absolute Gasteiger partial charge is 0.409 e. The minimum absolute atomic E-state index is 0.247. The zero-order valence-corrected chi connectivity index (χ0v) is 15.4. The lowest BCUT2D eigenvalue weighted by Gasteiger charge is -2.40. The molecule has 23 heavy (non-hydrogen) atoms. The molecule has 1 unspecified atom stereocenters. The molecule has 8 heteroatoms. The van der Waals surface area contributed by atoms with Gasteiger partial charge in [0.2, 0.25) is 0 Å². The van der Waals surface area contributed by atoms with Gasteiger partial charge >= 0.3 is 0 Å². The molecule has 0 bridgehead atoms. The SMILES string of the molecule is CC(C)(C)OC1(N2CCN(/C(=N\O)c3sccc3S)CC2)CO1. The number of nitrogens with zero attached hydrogens (tertiary/aromatic N) is 3. The van der Waals surface area contributed by atoms with Crippen molar-refractivity contribution in [3.05, 3.63) is 16.3 Å². The molecule has 2 saturated heterocycles. The van der Waals surface area contributed by atoms with Gasteiger partial charge in [-0.25, -0.2) is 4.90 Å². The summed E-state index contributed by atoms with van der Waals surface area (Å²) < 4.78 is 11.7. The molecule has 1 atom stereocenters. The summed E-state index contributed by atoms with van der Waals surface area (Å²) in [7, 11) is 0. The van der Waals surface area contributed by atoms with Gasteiger partial charge in [0.1, 0.15) is 6.61 Å².